The van der Waals surface area contributed by atoms with Crippen LogP contribution >= 0.6 is 0 Å². The number of anilines is 1. The molecule has 1 unspecified atom stereocenters. The second-order valence-corrected chi connectivity index (χ2v) is 6.61. The summed E-state index contributed by atoms with van der Waals surface area (Å²) in [5.74, 6) is 1.14. The Kier molecular flexibility index (Phi) is 5.62. The fourth-order valence-electron chi connectivity index (χ4n) is 2.59. The van der Waals surface area contributed by atoms with Crippen LogP contribution in [0.2, 0.25) is 0 Å². The quantitative estimate of drug-likeness (QED) is 0.901. The van der Waals surface area contributed by atoms with E-state index in [-0.39, 0.29) is 11.9 Å². The zero-order valence-corrected chi connectivity index (χ0v) is 15.7. The predicted octanol–water partition coefficient (Wildman–Crippen LogP) is 3.33. The highest BCUT2D eigenvalue weighted by Gasteiger charge is 2.24. The van der Waals surface area contributed by atoms with E-state index in [0.29, 0.717) is 22.9 Å². The van der Waals surface area contributed by atoms with Crippen molar-refractivity contribution < 1.29 is 9.53 Å². The lowest BCUT2D eigenvalue weighted by Crippen LogP contribution is -2.27. The molecule has 6 nitrogen and oxygen atoms in total. The zero-order chi connectivity index (χ0) is 18.7. The van der Waals surface area contributed by atoms with Crippen molar-refractivity contribution in [2.75, 3.05) is 19.8 Å². The van der Waals surface area contributed by atoms with Gasteiger partial charge in [0.2, 0.25) is 5.95 Å². The molecular weight excluding hydrogens is 316 g/mol. The lowest BCUT2D eigenvalue weighted by Gasteiger charge is -2.20. The minimum Gasteiger partial charge on any atom is -0.484 e. The van der Waals surface area contributed by atoms with Crippen LogP contribution in [-0.2, 0) is 0 Å². The number of hydrogen-bond acceptors (Lipinski definition) is 5. The van der Waals surface area contributed by atoms with E-state index in [1.165, 1.54) is 10.5 Å². The number of carbonyl (C=O) groups is 1. The summed E-state index contributed by atoms with van der Waals surface area (Å²) in [6.07, 6.45) is -0.437. The third kappa shape index (κ3) is 4.26. The lowest BCUT2D eigenvalue weighted by atomic mass is 10.0. The van der Waals surface area contributed by atoms with Gasteiger partial charge in [-0.25, -0.2) is 9.97 Å². The smallest absolute Gasteiger partial charge is 0.257 e. The topological polar surface area (TPSA) is 81.3 Å². The fraction of sp³-hybridized carbons (Fsp3) is 0.421. The summed E-state index contributed by atoms with van der Waals surface area (Å²) in [5.41, 5.74) is 8.51. The molecule has 0 saturated heterocycles. The molecule has 2 N–H and O–H groups in total. The number of ether oxygens (including phenoxy) is 1. The summed E-state index contributed by atoms with van der Waals surface area (Å²) >= 11 is 0. The van der Waals surface area contributed by atoms with E-state index in [1.807, 2.05) is 31.2 Å². The van der Waals surface area contributed by atoms with E-state index in [0.717, 1.165) is 5.75 Å². The molecule has 0 aliphatic rings. The molecule has 0 spiro atoms. The number of amides is 1. The van der Waals surface area contributed by atoms with Crippen molar-refractivity contribution in [1.29, 1.82) is 0 Å². The molecule has 1 aromatic carbocycles. The van der Waals surface area contributed by atoms with Gasteiger partial charge in [-0.05, 0) is 37.5 Å². The Labute approximate surface area is 149 Å². The van der Waals surface area contributed by atoms with Crippen molar-refractivity contribution >= 4 is 11.9 Å². The summed E-state index contributed by atoms with van der Waals surface area (Å²) in [6, 6.07) is 7.93. The molecule has 2 rings (SSSR count). The number of carbonyl (C=O) groups excluding carboxylic acids is 1. The molecule has 25 heavy (non-hydrogen) atoms. The summed E-state index contributed by atoms with van der Waals surface area (Å²) < 4.78 is 6.00. The minimum absolute atomic E-state index is 0.133. The first-order valence-electron chi connectivity index (χ1n) is 8.33. The third-order valence-corrected chi connectivity index (χ3v) is 4.00. The Hall–Kier alpha value is -2.63. The molecule has 0 fully saturated rings. The molecule has 2 aromatic rings. The van der Waals surface area contributed by atoms with Gasteiger partial charge in [-0.15, -0.1) is 0 Å². The number of aryl methyl sites for hydroxylation is 1. The molecule has 1 atom stereocenters. The van der Waals surface area contributed by atoms with Crippen molar-refractivity contribution in [3.05, 3.63) is 46.8 Å². The molecule has 134 valence electrons. The number of rotatable bonds is 5. The second kappa shape index (κ2) is 7.51. The monoisotopic (exact) mass is 342 g/mol. The van der Waals surface area contributed by atoms with Crippen LogP contribution in [0.5, 0.6) is 5.75 Å². The third-order valence-electron chi connectivity index (χ3n) is 4.00. The molecule has 0 bridgehead atoms. The standard InChI is InChI=1S/C19H26N4O2/c1-11(2)14-7-9-15(10-8-14)25-13(4)17-16(18(24)23(5)6)12(3)21-19(20)22-17/h7-11,13H,1-6H3,(H2,20,21,22). The molecule has 0 aliphatic carbocycles. The van der Waals surface area contributed by atoms with Crippen LogP contribution < -0.4 is 10.5 Å². The molecule has 6 heteroatoms. The van der Waals surface area contributed by atoms with Gasteiger partial charge in [0.25, 0.3) is 5.91 Å². The van der Waals surface area contributed by atoms with Gasteiger partial charge in [0.05, 0.1) is 17.0 Å². The first-order valence-corrected chi connectivity index (χ1v) is 8.33. The zero-order valence-electron chi connectivity index (χ0n) is 15.7. The highest BCUT2D eigenvalue weighted by atomic mass is 16.5. The van der Waals surface area contributed by atoms with Crippen LogP contribution in [0.4, 0.5) is 5.95 Å². The van der Waals surface area contributed by atoms with Crippen molar-refractivity contribution in [1.82, 2.24) is 14.9 Å². The maximum Gasteiger partial charge on any atom is 0.257 e. The van der Waals surface area contributed by atoms with E-state index < -0.39 is 6.10 Å². The van der Waals surface area contributed by atoms with Gasteiger partial charge in [0.15, 0.2) is 0 Å². The van der Waals surface area contributed by atoms with Crippen molar-refractivity contribution in [2.24, 2.45) is 0 Å². The van der Waals surface area contributed by atoms with Crippen LogP contribution in [0.25, 0.3) is 0 Å². The average Bonchev–Trinajstić information content (AvgIpc) is 2.53. The van der Waals surface area contributed by atoms with Crippen LogP contribution in [0.15, 0.2) is 24.3 Å². The molecule has 1 amide bonds. The highest BCUT2D eigenvalue weighted by Crippen LogP contribution is 2.27. The maximum absolute atomic E-state index is 12.5. The minimum atomic E-state index is -0.437. The normalized spacial score (nSPS) is 12.1. The molecule has 0 aliphatic heterocycles. The Morgan fingerprint density at radius 1 is 1.12 bits per heavy atom. The van der Waals surface area contributed by atoms with Gasteiger partial charge >= 0.3 is 0 Å². The van der Waals surface area contributed by atoms with Crippen LogP contribution in [0.1, 0.15) is 60.1 Å². The number of aromatic nitrogens is 2. The van der Waals surface area contributed by atoms with Gasteiger partial charge in [0.1, 0.15) is 11.9 Å². The molecule has 1 aromatic heterocycles. The lowest BCUT2D eigenvalue weighted by molar-refractivity contribution is 0.0820. The molecule has 0 saturated carbocycles. The van der Waals surface area contributed by atoms with Gasteiger partial charge < -0.3 is 15.4 Å². The van der Waals surface area contributed by atoms with E-state index in [4.69, 9.17) is 10.5 Å². The van der Waals surface area contributed by atoms with E-state index in [2.05, 4.69) is 23.8 Å². The summed E-state index contributed by atoms with van der Waals surface area (Å²) in [6.45, 7) is 7.89. The Morgan fingerprint density at radius 2 is 1.72 bits per heavy atom. The van der Waals surface area contributed by atoms with Crippen LogP contribution in [-0.4, -0.2) is 34.9 Å². The summed E-state index contributed by atoms with van der Waals surface area (Å²) in [7, 11) is 3.39. The fourth-order valence-corrected chi connectivity index (χ4v) is 2.59. The molecular formula is C19H26N4O2. The van der Waals surface area contributed by atoms with Gasteiger partial charge in [-0.3, -0.25) is 4.79 Å². The van der Waals surface area contributed by atoms with Crippen LogP contribution in [0.3, 0.4) is 0 Å². The maximum atomic E-state index is 12.5. The predicted molar refractivity (Wildman–Crippen MR) is 98.8 cm³/mol. The number of hydrogen-bond donors (Lipinski definition) is 1. The number of nitrogen functional groups attached to an aromatic ring is 1. The number of nitrogens with zero attached hydrogens (tertiary/aromatic N) is 3. The van der Waals surface area contributed by atoms with Crippen molar-refractivity contribution in [3.63, 3.8) is 0 Å². The average molecular weight is 342 g/mol. The van der Waals surface area contributed by atoms with Gasteiger partial charge in [0, 0.05) is 14.1 Å². The first kappa shape index (κ1) is 18.7. The van der Waals surface area contributed by atoms with E-state index in [9.17, 15) is 4.79 Å². The summed E-state index contributed by atoms with van der Waals surface area (Å²) in [4.78, 5) is 22.4. The second-order valence-electron chi connectivity index (χ2n) is 6.61. The summed E-state index contributed by atoms with van der Waals surface area (Å²) in [5, 5.41) is 0. The highest BCUT2D eigenvalue weighted by molar-refractivity contribution is 5.96. The van der Waals surface area contributed by atoms with E-state index in [1.54, 1.807) is 21.0 Å². The van der Waals surface area contributed by atoms with Crippen molar-refractivity contribution in [2.45, 2.75) is 39.7 Å². The number of benzene rings is 1. The largest absolute Gasteiger partial charge is 0.484 e. The van der Waals surface area contributed by atoms with Gasteiger partial charge in [-0.2, -0.15) is 0 Å². The SMILES string of the molecule is Cc1nc(N)nc(C(C)Oc2ccc(C(C)C)cc2)c1C(=O)N(C)C. The Bertz CT molecular complexity index is 755. The molecule has 1 heterocycles. The number of nitrogens with two attached hydrogens (primary N) is 1. The Balaban J connectivity index is 2.35. The van der Waals surface area contributed by atoms with Gasteiger partial charge in [-0.1, -0.05) is 26.0 Å². The van der Waals surface area contributed by atoms with Crippen molar-refractivity contribution in [3.8, 4) is 5.75 Å². The van der Waals surface area contributed by atoms with E-state index >= 15 is 0 Å². The van der Waals surface area contributed by atoms with Crippen LogP contribution in [0, 0.1) is 6.92 Å². The first-order chi connectivity index (χ1) is 11.7. The Morgan fingerprint density at radius 3 is 2.24 bits per heavy atom. The molecule has 0 radical (unpaired) electrons.